The highest BCUT2D eigenvalue weighted by Gasteiger charge is 2.13. The van der Waals surface area contributed by atoms with Gasteiger partial charge in [0.25, 0.3) is 5.69 Å². The van der Waals surface area contributed by atoms with E-state index in [2.05, 4.69) is 11.7 Å². The highest BCUT2D eigenvalue weighted by Crippen LogP contribution is 2.30. The highest BCUT2D eigenvalue weighted by atomic mass is 16.6. The van der Waals surface area contributed by atoms with E-state index < -0.39 is 4.92 Å². The number of hydrogen-bond donors (Lipinski definition) is 0. The summed E-state index contributed by atoms with van der Waals surface area (Å²) in [5, 5.41) is 10.5. The molecule has 0 bridgehead atoms. The van der Waals surface area contributed by atoms with E-state index in [0.717, 1.165) is 0 Å². The lowest BCUT2D eigenvalue weighted by Gasteiger charge is -2.00. The Kier molecular flexibility index (Phi) is 2.59. The molecule has 5 heteroatoms. The van der Waals surface area contributed by atoms with E-state index >= 15 is 0 Å². The Balaban J connectivity index is 3.25. The molecule has 0 atom stereocenters. The summed E-state index contributed by atoms with van der Waals surface area (Å²) >= 11 is 0. The van der Waals surface area contributed by atoms with Gasteiger partial charge in [0.1, 0.15) is 11.4 Å². The summed E-state index contributed by atoms with van der Waals surface area (Å²) in [4.78, 5) is 13.5. The molecule has 0 amide bonds. The van der Waals surface area contributed by atoms with Gasteiger partial charge in [-0.2, -0.15) is 0 Å². The SMILES string of the molecule is C=Nc1ccc(OC)cc1[N+](=O)[O-]. The first-order valence-corrected chi connectivity index (χ1v) is 3.48. The van der Waals surface area contributed by atoms with Crippen LogP contribution in [0.3, 0.4) is 0 Å². The summed E-state index contributed by atoms with van der Waals surface area (Å²) in [5.41, 5.74) is 0.139. The minimum atomic E-state index is -0.521. The van der Waals surface area contributed by atoms with Crippen LogP contribution in [0.5, 0.6) is 5.75 Å². The number of methoxy groups -OCH3 is 1. The molecule has 1 aromatic carbocycles. The molecule has 0 fully saturated rings. The largest absolute Gasteiger partial charge is 0.496 e. The van der Waals surface area contributed by atoms with Gasteiger partial charge in [-0.05, 0) is 18.9 Å². The van der Waals surface area contributed by atoms with Crippen LogP contribution in [-0.4, -0.2) is 18.8 Å². The molecule has 5 nitrogen and oxygen atoms in total. The van der Waals surface area contributed by atoms with Crippen LogP contribution in [0.15, 0.2) is 23.2 Å². The van der Waals surface area contributed by atoms with Crippen molar-refractivity contribution in [2.75, 3.05) is 7.11 Å². The summed E-state index contributed by atoms with van der Waals surface area (Å²) < 4.78 is 4.84. The molecular weight excluding hydrogens is 172 g/mol. The maximum Gasteiger partial charge on any atom is 0.298 e. The Morgan fingerprint density at radius 3 is 2.77 bits per heavy atom. The van der Waals surface area contributed by atoms with Crippen molar-refractivity contribution in [2.24, 2.45) is 4.99 Å². The Morgan fingerprint density at radius 1 is 1.62 bits per heavy atom. The van der Waals surface area contributed by atoms with Gasteiger partial charge >= 0.3 is 0 Å². The molecule has 0 aliphatic rings. The average molecular weight is 180 g/mol. The summed E-state index contributed by atoms with van der Waals surface area (Å²) in [6.07, 6.45) is 0. The first-order valence-electron chi connectivity index (χ1n) is 3.48. The van der Waals surface area contributed by atoms with Gasteiger partial charge in [0.2, 0.25) is 0 Å². The van der Waals surface area contributed by atoms with Crippen LogP contribution in [0, 0.1) is 10.1 Å². The van der Waals surface area contributed by atoms with Crippen LogP contribution in [-0.2, 0) is 0 Å². The predicted molar refractivity (Wildman–Crippen MR) is 48.9 cm³/mol. The Labute approximate surface area is 74.8 Å². The van der Waals surface area contributed by atoms with E-state index in [1.807, 2.05) is 0 Å². The van der Waals surface area contributed by atoms with Gasteiger partial charge in [0.05, 0.1) is 18.1 Å². The Morgan fingerprint density at radius 2 is 2.31 bits per heavy atom. The second kappa shape index (κ2) is 3.66. The van der Waals surface area contributed by atoms with Gasteiger partial charge in [-0.15, -0.1) is 0 Å². The second-order valence-corrected chi connectivity index (χ2v) is 2.27. The third-order valence-electron chi connectivity index (χ3n) is 1.55. The van der Waals surface area contributed by atoms with Crippen LogP contribution in [0.25, 0.3) is 0 Å². The van der Waals surface area contributed by atoms with Crippen molar-refractivity contribution in [3.05, 3.63) is 28.3 Å². The molecule has 0 spiro atoms. The lowest BCUT2D eigenvalue weighted by Crippen LogP contribution is -1.90. The van der Waals surface area contributed by atoms with Crippen molar-refractivity contribution >= 4 is 18.1 Å². The molecule has 1 rings (SSSR count). The zero-order valence-corrected chi connectivity index (χ0v) is 7.06. The maximum absolute atomic E-state index is 10.5. The van der Waals surface area contributed by atoms with Crippen molar-refractivity contribution in [1.82, 2.24) is 0 Å². The number of ether oxygens (including phenoxy) is 1. The fourth-order valence-corrected chi connectivity index (χ4v) is 0.910. The molecule has 0 radical (unpaired) electrons. The first-order chi connectivity index (χ1) is 6.19. The molecule has 0 aromatic heterocycles. The maximum atomic E-state index is 10.5. The third-order valence-corrected chi connectivity index (χ3v) is 1.55. The number of nitro benzene ring substituents is 1. The molecule has 0 unspecified atom stereocenters. The molecule has 0 aliphatic heterocycles. The number of benzene rings is 1. The van der Waals surface area contributed by atoms with Crippen LogP contribution in [0.1, 0.15) is 0 Å². The normalized spacial score (nSPS) is 9.31. The molecule has 1 aromatic rings. The summed E-state index contributed by atoms with van der Waals surface area (Å²) in [7, 11) is 1.44. The van der Waals surface area contributed by atoms with Crippen molar-refractivity contribution in [1.29, 1.82) is 0 Å². The Bertz CT molecular complexity index is 349. The molecule has 13 heavy (non-hydrogen) atoms. The molecule has 0 saturated heterocycles. The van der Waals surface area contributed by atoms with Crippen LogP contribution in [0.4, 0.5) is 11.4 Å². The van der Waals surface area contributed by atoms with Gasteiger partial charge in [0.15, 0.2) is 0 Å². The van der Waals surface area contributed by atoms with E-state index in [1.54, 1.807) is 6.07 Å². The van der Waals surface area contributed by atoms with Crippen LogP contribution in [0.2, 0.25) is 0 Å². The van der Waals surface area contributed by atoms with Crippen LogP contribution >= 0.6 is 0 Å². The smallest absolute Gasteiger partial charge is 0.298 e. The molecular formula is C8H8N2O3. The number of nitro groups is 1. The fourth-order valence-electron chi connectivity index (χ4n) is 0.910. The van der Waals surface area contributed by atoms with Gasteiger partial charge in [0, 0.05) is 0 Å². The second-order valence-electron chi connectivity index (χ2n) is 2.27. The minimum absolute atomic E-state index is 0.102. The van der Waals surface area contributed by atoms with Crippen LogP contribution < -0.4 is 4.74 Å². The number of rotatable bonds is 3. The topological polar surface area (TPSA) is 64.7 Å². The summed E-state index contributed by atoms with van der Waals surface area (Å²) in [5.74, 6) is 0.430. The molecule has 0 heterocycles. The van der Waals surface area contributed by atoms with Gasteiger partial charge in [-0.3, -0.25) is 15.1 Å². The number of hydrogen-bond acceptors (Lipinski definition) is 4. The van der Waals surface area contributed by atoms with Crippen molar-refractivity contribution in [3.63, 3.8) is 0 Å². The highest BCUT2D eigenvalue weighted by molar-refractivity contribution is 5.62. The van der Waals surface area contributed by atoms with E-state index in [0.29, 0.717) is 5.75 Å². The number of aliphatic imine (C=N–C) groups is 1. The van der Waals surface area contributed by atoms with Crippen molar-refractivity contribution < 1.29 is 9.66 Å². The van der Waals surface area contributed by atoms with Gasteiger partial charge < -0.3 is 4.74 Å². The zero-order valence-electron chi connectivity index (χ0n) is 7.06. The standard InChI is InChI=1S/C8H8N2O3/c1-9-7-4-3-6(13-2)5-8(7)10(11)12/h3-5H,1H2,2H3. The quantitative estimate of drug-likeness (QED) is 0.405. The van der Waals surface area contributed by atoms with E-state index in [9.17, 15) is 10.1 Å². The lowest BCUT2D eigenvalue weighted by molar-refractivity contribution is -0.384. The molecule has 0 aliphatic carbocycles. The van der Waals surface area contributed by atoms with E-state index in [4.69, 9.17) is 4.74 Å². The van der Waals surface area contributed by atoms with Crippen molar-refractivity contribution in [3.8, 4) is 5.75 Å². The first kappa shape index (κ1) is 9.18. The lowest BCUT2D eigenvalue weighted by atomic mass is 10.2. The van der Waals surface area contributed by atoms with E-state index in [-0.39, 0.29) is 11.4 Å². The molecule has 0 saturated carbocycles. The predicted octanol–water partition coefficient (Wildman–Crippen LogP) is 1.94. The summed E-state index contributed by atoms with van der Waals surface area (Å²) in [6, 6.07) is 4.39. The van der Waals surface area contributed by atoms with E-state index in [1.165, 1.54) is 19.2 Å². The van der Waals surface area contributed by atoms with Gasteiger partial charge in [-0.25, -0.2) is 0 Å². The monoisotopic (exact) mass is 180 g/mol. The third kappa shape index (κ3) is 1.81. The Hall–Kier alpha value is -1.91. The zero-order chi connectivity index (χ0) is 9.84. The fraction of sp³-hybridized carbons (Fsp3) is 0.125. The molecule has 0 N–H and O–H groups in total. The number of nitrogens with zero attached hydrogens (tertiary/aromatic N) is 2. The summed E-state index contributed by atoms with van der Waals surface area (Å²) in [6.45, 7) is 3.23. The van der Waals surface area contributed by atoms with Crippen molar-refractivity contribution in [2.45, 2.75) is 0 Å². The van der Waals surface area contributed by atoms with Gasteiger partial charge in [-0.1, -0.05) is 0 Å². The minimum Gasteiger partial charge on any atom is -0.496 e. The average Bonchev–Trinajstić information content (AvgIpc) is 2.16. The molecule has 68 valence electrons.